The third-order valence-electron chi connectivity index (χ3n) is 7.12. The number of fused-ring (bicyclic) bond motifs is 1. The van der Waals surface area contributed by atoms with Gasteiger partial charge in [0.15, 0.2) is 0 Å². The van der Waals surface area contributed by atoms with Gasteiger partial charge in [-0.15, -0.1) is 0 Å². The minimum Gasteiger partial charge on any atom is -0.395 e. The van der Waals surface area contributed by atoms with E-state index in [4.69, 9.17) is 5.73 Å². The van der Waals surface area contributed by atoms with Crippen molar-refractivity contribution in [1.29, 1.82) is 0 Å². The Balaban J connectivity index is 1.52. The number of nitrogens with two attached hydrogens (primary N) is 1. The van der Waals surface area contributed by atoms with E-state index in [1.165, 1.54) is 22.9 Å². The molecule has 5 rings (SSSR count). The van der Waals surface area contributed by atoms with E-state index in [1.54, 1.807) is 24.3 Å². The summed E-state index contributed by atoms with van der Waals surface area (Å²) < 4.78 is 2.06. The lowest BCUT2D eigenvalue weighted by Gasteiger charge is -2.43. The van der Waals surface area contributed by atoms with Gasteiger partial charge in [-0.1, -0.05) is 48.9 Å². The molecule has 0 unspecified atom stereocenters. The van der Waals surface area contributed by atoms with Gasteiger partial charge in [0.05, 0.1) is 6.61 Å². The van der Waals surface area contributed by atoms with Gasteiger partial charge in [-0.2, -0.15) is 0 Å². The first-order valence-corrected chi connectivity index (χ1v) is 11.6. The largest absolute Gasteiger partial charge is 0.395 e. The molecule has 0 bridgehead atoms. The summed E-state index contributed by atoms with van der Waals surface area (Å²) in [7, 11) is 1.73. The molecule has 1 aliphatic rings. The van der Waals surface area contributed by atoms with Crippen LogP contribution in [0.15, 0.2) is 67.1 Å². The van der Waals surface area contributed by atoms with E-state index in [0.29, 0.717) is 6.54 Å². The van der Waals surface area contributed by atoms with Crippen molar-refractivity contribution < 1.29 is 9.90 Å². The number of rotatable bonds is 7. The monoisotopic (exact) mass is 455 g/mol. The zero-order valence-corrected chi connectivity index (χ0v) is 19.3. The molecule has 34 heavy (non-hydrogen) atoms. The Kier molecular flexibility index (Phi) is 5.79. The highest BCUT2D eigenvalue weighted by molar-refractivity contribution is 5.88. The fraction of sp³-hybridized carbons (Fsp3) is 0.296. The van der Waals surface area contributed by atoms with Crippen LogP contribution in [0.5, 0.6) is 0 Å². The molecule has 174 valence electrons. The number of benzene rings is 2. The van der Waals surface area contributed by atoms with E-state index >= 15 is 0 Å². The first-order chi connectivity index (χ1) is 16.5. The molecule has 1 saturated carbocycles. The van der Waals surface area contributed by atoms with Crippen molar-refractivity contribution in [2.24, 2.45) is 0 Å². The molecule has 1 fully saturated rings. The molecule has 0 spiro atoms. The summed E-state index contributed by atoms with van der Waals surface area (Å²) in [5.41, 5.74) is 11.2. The number of aliphatic hydroxyl groups excluding tert-OH is 1. The molecule has 0 atom stereocenters. The van der Waals surface area contributed by atoms with Gasteiger partial charge in [0.2, 0.25) is 11.9 Å². The number of aliphatic hydroxyl groups is 1. The van der Waals surface area contributed by atoms with Crippen LogP contribution >= 0.6 is 0 Å². The zero-order valence-electron chi connectivity index (χ0n) is 19.3. The van der Waals surface area contributed by atoms with Gasteiger partial charge >= 0.3 is 0 Å². The molecule has 4 aromatic rings. The number of amides is 1. The van der Waals surface area contributed by atoms with Gasteiger partial charge in [0, 0.05) is 54.1 Å². The maximum atomic E-state index is 12.7. The number of hydrogen-bond donors (Lipinski definition) is 2. The van der Waals surface area contributed by atoms with Crippen LogP contribution in [0.1, 0.15) is 30.4 Å². The van der Waals surface area contributed by atoms with Gasteiger partial charge < -0.3 is 20.3 Å². The number of para-hydroxylation sites is 1. The smallest absolute Gasteiger partial charge is 0.242 e. The van der Waals surface area contributed by atoms with Crippen LogP contribution in [-0.4, -0.2) is 50.6 Å². The molecular formula is C27H29N5O2. The standard InChI is InChI=1S/C27H29N5O2/c1-31(13-14-33)25(34)18-32-17-23(22-5-2-3-6-24(22)32)27(11-4-12-27)21-9-7-19(8-10-21)20-15-29-26(28)30-16-20/h2-3,5-10,15-17,33H,4,11-14,18H2,1H3,(H2,28,29,30). The van der Waals surface area contributed by atoms with Crippen LogP contribution in [-0.2, 0) is 16.8 Å². The first-order valence-electron chi connectivity index (χ1n) is 11.6. The Bertz CT molecular complexity index is 1310. The summed E-state index contributed by atoms with van der Waals surface area (Å²) in [5.74, 6) is 0.255. The second-order valence-corrected chi connectivity index (χ2v) is 9.07. The summed E-state index contributed by atoms with van der Waals surface area (Å²) in [5, 5.41) is 10.4. The Morgan fingerprint density at radius 3 is 2.44 bits per heavy atom. The van der Waals surface area contributed by atoms with Crippen molar-refractivity contribution in [2.45, 2.75) is 31.2 Å². The highest BCUT2D eigenvalue weighted by Crippen LogP contribution is 2.51. The fourth-order valence-electron chi connectivity index (χ4n) is 5.01. The van der Waals surface area contributed by atoms with Gasteiger partial charge in [-0.05, 0) is 35.6 Å². The number of carbonyl (C=O) groups is 1. The number of nitrogens with zero attached hydrogens (tertiary/aromatic N) is 4. The Morgan fingerprint density at radius 1 is 1.09 bits per heavy atom. The van der Waals surface area contributed by atoms with E-state index in [1.807, 2.05) is 6.07 Å². The number of anilines is 1. The van der Waals surface area contributed by atoms with Crippen molar-refractivity contribution in [3.8, 4) is 11.1 Å². The van der Waals surface area contributed by atoms with E-state index in [0.717, 1.165) is 29.5 Å². The molecular weight excluding hydrogens is 426 g/mol. The van der Waals surface area contributed by atoms with Crippen molar-refractivity contribution in [3.63, 3.8) is 0 Å². The summed E-state index contributed by atoms with van der Waals surface area (Å²) in [6.07, 6.45) is 8.97. The van der Waals surface area contributed by atoms with Crippen LogP contribution in [0.3, 0.4) is 0 Å². The number of hydrogen-bond acceptors (Lipinski definition) is 5. The zero-order chi connectivity index (χ0) is 23.7. The molecule has 7 nitrogen and oxygen atoms in total. The Labute approximate surface area is 198 Å². The number of carbonyl (C=O) groups excluding carboxylic acids is 1. The SMILES string of the molecule is CN(CCO)C(=O)Cn1cc(C2(c3ccc(-c4cnc(N)nc4)cc3)CCC2)c2ccccc21. The highest BCUT2D eigenvalue weighted by Gasteiger charge is 2.42. The van der Waals surface area contributed by atoms with Crippen molar-refractivity contribution in [1.82, 2.24) is 19.4 Å². The van der Waals surface area contributed by atoms with Gasteiger partial charge in [-0.3, -0.25) is 4.79 Å². The molecule has 2 aromatic heterocycles. The van der Waals surface area contributed by atoms with Crippen LogP contribution < -0.4 is 5.73 Å². The number of nitrogen functional groups attached to an aromatic ring is 1. The average molecular weight is 456 g/mol. The number of aromatic nitrogens is 3. The van der Waals surface area contributed by atoms with Crippen LogP contribution in [0.25, 0.3) is 22.0 Å². The first kappa shape index (κ1) is 22.1. The van der Waals surface area contributed by atoms with E-state index in [2.05, 4.69) is 63.2 Å². The minimum absolute atomic E-state index is 0.0147. The predicted molar refractivity (Wildman–Crippen MR) is 133 cm³/mol. The second kappa shape index (κ2) is 8.91. The van der Waals surface area contributed by atoms with Gasteiger partial charge in [0.25, 0.3) is 0 Å². The van der Waals surface area contributed by atoms with Gasteiger partial charge in [0.1, 0.15) is 6.54 Å². The predicted octanol–water partition coefficient (Wildman–Crippen LogP) is 3.60. The molecule has 0 aliphatic heterocycles. The second-order valence-electron chi connectivity index (χ2n) is 9.07. The molecule has 0 radical (unpaired) electrons. The van der Waals surface area contributed by atoms with E-state index in [9.17, 15) is 9.90 Å². The van der Waals surface area contributed by atoms with Crippen molar-refractivity contribution >= 4 is 22.8 Å². The summed E-state index contributed by atoms with van der Waals surface area (Å²) in [6, 6.07) is 17.0. The maximum absolute atomic E-state index is 12.7. The average Bonchev–Trinajstić information content (AvgIpc) is 3.18. The third-order valence-corrected chi connectivity index (χ3v) is 7.12. The molecule has 1 aliphatic carbocycles. The topological polar surface area (TPSA) is 97.3 Å². The lowest BCUT2D eigenvalue weighted by molar-refractivity contribution is -0.130. The normalized spacial score (nSPS) is 14.6. The Hall–Kier alpha value is -3.71. The molecule has 0 saturated heterocycles. The quantitative estimate of drug-likeness (QED) is 0.444. The summed E-state index contributed by atoms with van der Waals surface area (Å²) >= 11 is 0. The highest BCUT2D eigenvalue weighted by atomic mass is 16.3. The van der Waals surface area contributed by atoms with Crippen LogP contribution in [0.4, 0.5) is 5.95 Å². The van der Waals surface area contributed by atoms with E-state index in [-0.39, 0.29) is 30.4 Å². The molecule has 2 heterocycles. The lowest BCUT2D eigenvalue weighted by atomic mass is 9.60. The van der Waals surface area contributed by atoms with Crippen LogP contribution in [0, 0.1) is 0 Å². The molecule has 3 N–H and O–H groups in total. The number of likely N-dealkylation sites (N-methyl/N-ethyl adjacent to an activating group) is 1. The third kappa shape index (κ3) is 3.82. The summed E-state index contributed by atoms with van der Waals surface area (Å²) in [6.45, 7) is 0.547. The fourth-order valence-corrected chi connectivity index (χ4v) is 5.01. The lowest BCUT2D eigenvalue weighted by Crippen LogP contribution is -2.35. The maximum Gasteiger partial charge on any atom is 0.242 e. The minimum atomic E-state index is -0.0684. The van der Waals surface area contributed by atoms with Crippen molar-refractivity contribution in [3.05, 3.63) is 78.2 Å². The molecule has 2 aromatic carbocycles. The van der Waals surface area contributed by atoms with Crippen molar-refractivity contribution in [2.75, 3.05) is 25.9 Å². The summed E-state index contributed by atoms with van der Waals surface area (Å²) in [4.78, 5) is 22.5. The van der Waals surface area contributed by atoms with Gasteiger partial charge in [-0.25, -0.2) is 9.97 Å². The molecule has 7 heteroatoms. The Morgan fingerprint density at radius 2 is 1.79 bits per heavy atom. The van der Waals surface area contributed by atoms with E-state index < -0.39 is 0 Å². The van der Waals surface area contributed by atoms with Crippen LogP contribution in [0.2, 0.25) is 0 Å². The molecule has 1 amide bonds.